The Bertz CT molecular complexity index is 861. The van der Waals surface area contributed by atoms with E-state index in [0.29, 0.717) is 18.9 Å². The predicted molar refractivity (Wildman–Crippen MR) is 105 cm³/mol. The van der Waals surface area contributed by atoms with Crippen molar-refractivity contribution in [3.05, 3.63) is 35.8 Å². The van der Waals surface area contributed by atoms with E-state index in [2.05, 4.69) is 20.6 Å². The van der Waals surface area contributed by atoms with Crippen LogP contribution >= 0.6 is 0 Å². The van der Waals surface area contributed by atoms with Gasteiger partial charge in [-0.3, -0.25) is 4.99 Å². The molecule has 1 aromatic heterocycles. The molecule has 1 heterocycles. The van der Waals surface area contributed by atoms with E-state index in [1.807, 2.05) is 20.0 Å². The number of sulfone groups is 1. The summed E-state index contributed by atoms with van der Waals surface area (Å²) >= 11 is 0. The van der Waals surface area contributed by atoms with Crippen LogP contribution in [0.15, 0.2) is 29.4 Å². The number of nitrogens with one attached hydrogen (secondary N) is 3. The van der Waals surface area contributed by atoms with Crippen molar-refractivity contribution < 1.29 is 12.8 Å². The van der Waals surface area contributed by atoms with Gasteiger partial charge >= 0.3 is 0 Å². The van der Waals surface area contributed by atoms with Gasteiger partial charge in [0.15, 0.2) is 5.96 Å². The fraction of sp³-hybridized carbons (Fsp3) is 0.500. The van der Waals surface area contributed by atoms with Crippen LogP contribution in [-0.4, -0.2) is 50.5 Å². The fourth-order valence-corrected chi connectivity index (χ4v) is 3.45. The number of aromatic nitrogens is 1. The lowest BCUT2D eigenvalue weighted by molar-refractivity contribution is 0.581. The van der Waals surface area contributed by atoms with Crippen molar-refractivity contribution in [1.82, 2.24) is 15.6 Å². The molecule has 0 saturated heterocycles. The Morgan fingerprint density at radius 2 is 2.15 bits per heavy atom. The Balaban J connectivity index is 1.95. The van der Waals surface area contributed by atoms with Crippen molar-refractivity contribution in [2.24, 2.45) is 4.99 Å². The number of halogens is 1. The maximum atomic E-state index is 13.3. The minimum Gasteiger partial charge on any atom is -0.361 e. The van der Waals surface area contributed by atoms with Crippen LogP contribution in [0.3, 0.4) is 0 Å². The summed E-state index contributed by atoms with van der Waals surface area (Å²) in [6, 6.07) is 4.71. The van der Waals surface area contributed by atoms with Crippen LogP contribution in [0.1, 0.15) is 25.8 Å². The van der Waals surface area contributed by atoms with Crippen molar-refractivity contribution in [1.29, 1.82) is 0 Å². The third-order valence-corrected chi connectivity index (χ3v) is 5.01. The number of aromatic amines is 1. The molecule has 6 nitrogen and oxygen atoms in total. The minimum absolute atomic E-state index is 0.00131. The fourth-order valence-electron chi connectivity index (χ4n) is 2.67. The molecule has 0 aliphatic heterocycles. The lowest BCUT2D eigenvalue weighted by Gasteiger charge is -2.17. The molecule has 144 valence electrons. The normalized spacial score (nSPS) is 13.8. The predicted octanol–water partition coefficient (Wildman–Crippen LogP) is 2.23. The molecule has 0 bridgehead atoms. The van der Waals surface area contributed by atoms with Crippen LogP contribution in [0.25, 0.3) is 10.9 Å². The second-order valence-electron chi connectivity index (χ2n) is 6.48. The van der Waals surface area contributed by atoms with Crippen LogP contribution in [0.2, 0.25) is 0 Å². The SMILES string of the molecule is CCNC(=NCCc1c[nH]c2cc(F)ccc12)NC(C)CCS(C)(=O)=O. The van der Waals surface area contributed by atoms with Crippen molar-refractivity contribution in [2.45, 2.75) is 32.7 Å². The molecule has 0 fully saturated rings. The van der Waals surface area contributed by atoms with Crippen LogP contribution in [0.4, 0.5) is 4.39 Å². The Kier molecular flexibility index (Phi) is 7.02. The summed E-state index contributed by atoms with van der Waals surface area (Å²) in [5, 5.41) is 7.40. The molecule has 3 N–H and O–H groups in total. The van der Waals surface area contributed by atoms with Crippen LogP contribution in [0, 0.1) is 5.82 Å². The third-order valence-electron chi connectivity index (χ3n) is 4.03. The highest BCUT2D eigenvalue weighted by Gasteiger charge is 2.10. The molecule has 2 rings (SSSR count). The van der Waals surface area contributed by atoms with Gasteiger partial charge in [0.25, 0.3) is 0 Å². The number of benzene rings is 1. The second-order valence-corrected chi connectivity index (χ2v) is 8.74. The highest BCUT2D eigenvalue weighted by Crippen LogP contribution is 2.19. The zero-order valence-corrected chi connectivity index (χ0v) is 16.3. The summed E-state index contributed by atoms with van der Waals surface area (Å²) in [4.78, 5) is 7.63. The summed E-state index contributed by atoms with van der Waals surface area (Å²) < 4.78 is 35.8. The number of guanidine groups is 1. The average Bonchev–Trinajstić information content (AvgIpc) is 2.94. The lowest BCUT2D eigenvalue weighted by Crippen LogP contribution is -2.43. The Morgan fingerprint density at radius 3 is 2.85 bits per heavy atom. The number of rotatable bonds is 8. The van der Waals surface area contributed by atoms with Crippen LogP contribution in [0.5, 0.6) is 0 Å². The number of fused-ring (bicyclic) bond motifs is 1. The smallest absolute Gasteiger partial charge is 0.191 e. The van der Waals surface area contributed by atoms with Crippen molar-refractivity contribution >= 4 is 26.7 Å². The molecule has 8 heteroatoms. The minimum atomic E-state index is -2.97. The van der Waals surface area contributed by atoms with E-state index in [1.165, 1.54) is 18.4 Å². The van der Waals surface area contributed by atoms with Gasteiger partial charge in [-0.1, -0.05) is 0 Å². The topological polar surface area (TPSA) is 86.3 Å². The van der Waals surface area contributed by atoms with Crippen molar-refractivity contribution in [2.75, 3.05) is 25.1 Å². The van der Waals surface area contributed by atoms with Crippen LogP contribution in [-0.2, 0) is 16.3 Å². The molecule has 1 atom stereocenters. The van der Waals surface area contributed by atoms with E-state index in [-0.39, 0.29) is 17.6 Å². The van der Waals surface area contributed by atoms with Gasteiger partial charge in [0, 0.05) is 42.5 Å². The van der Waals surface area contributed by atoms with E-state index in [9.17, 15) is 12.8 Å². The van der Waals surface area contributed by atoms with E-state index in [1.54, 1.807) is 6.07 Å². The highest BCUT2D eigenvalue weighted by atomic mass is 32.2. The first-order chi connectivity index (χ1) is 12.3. The first-order valence-corrected chi connectivity index (χ1v) is 10.8. The standard InChI is InChI=1S/C18H27FN4O2S/c1-4-20-18(23-13(2)8-10-26(3,24)25)21-9-7-14-12-22-17-11-15(19)5-6-16(14)17/h5-6,11-13,22H,4,7-10H2,1-3H3,(H2,20,21,23). The first-order valence-electron chi connectivity index (χ1n) is 8.76. The highest BCUT2D eigenvalue weighted by molar-refractivity contribution is 7.90. The molecular weight excluding hydrogens is 355 g/mol. The van der Waals surface area contributed by atoms with Gasteiger partial charge in [0.2, 0.25) is 0 Å². The molecule has 2 aromatic rings. The number of H-pyrrole nitrogens is 1. The molecule has 0 aliphatic rings. The Hall–Kier alpha value is -2.09. The molecule has 1 unspecified atom stereocenters. The molecule has 0 aliphatic carbocycles. The summed E-state index contributed by atoms with van der Waals surface area (Å²) in [5.74, 6) is 0.553. The summed E-state index contributed by atoms with van der Waals surface area (Å²) in [6.45, 7) is 5.20. The van der Waals surface area contributed by atoms with Gasteiger partial charge in [0.1, 0.15) is 15.7 Å². The molecule has 0 radical (unpaired) electrons. The number of nitrogens with zero attached hydrogens (tertiary/aromatic N) is 1. The average molecular weight is 383 g/mol. The van der Waals surface area contributed by atoms with Gasteiger partial charge < -0.3 is 15.6 Å². The maximum absolute atomic E-state index is 13.3. The molecule has 0 saturated carbocycles. The number of aliphatic imine (C=N–C) groups is 1. The molecule has 0 spiro atoms. The largest absolute Gasteiger partial charge is 0.361 e. The van der Waals surface area contributed by atoms with E-state index < -0.39 is 9.84 Å². The van der Waals surface area contributed by atoms with E-state index in [0.717, 1.165) is 29.4 Å². The summed E-state index contributed by atoms with van der Waals surface area (Å²) in [6.07, 6.45) is 4.37. The summed E-state index contributed by atoms with van der Waals surface area (Å²) in [5.41, 5.74) is 1.87. The monoisotopic (exact) mass is 382 g/mol. The molecule has 1 aromatic carbocycles. The molecular formula is C18H27FN4O2S. The van der Waals surface area contributed by atoms with E-state index in [4.69, 9.17) is 0 Å². The Morgan fingerprint density at radius 1 is 1.38 bits per heavy atom. The Labute approximate surface area is 154 Å². The van der Waals surface area contributed by atoms with Crippen molar-refractivity contribution in [3.8, 4) is 0 Å². The van der Waals surface area contributed by atoms with Gasteiger partial charge in [-0.15, -0.1) is 0 Å². The quantitative estimate of drug-likeness (QED) is 0.483. The molecule has 26 heavy (non-hydrogen) atoms. The first kappa shape index (κ1) is 20.2. The van der Waals surface area contributed by atoms with E-state index >= 15 is 0 Å². The number of hydrogen-bond acceptors (Lipinski definition) is 3. The van der Waals surface area contributed by atoms with Crippen LogP contribution < -0.4 is 10.6 Å². The number of hydrogen-bond donors (Lipinski definition) is 3. The van der Waals surface area contributed by atoms with Crippen molar-refractivity contribution in [3.63, 3.8) is 0 Å². The van der Waals surface area contributed by atoms with Gasteiger partial charge in [-0.05, 0) is 50.5 Å². The maximum Gasteiger partial charge on any atom is 0.191 e. The van der Waals surface area contributed by atoms with Gasteiger partial charge in [-0.25, -0.2) is 12.8 Å². The summed E-state index contributed by atoms with van der Waals surface area (Å²) in [7, 11) is -2.97. The zero-order valence-electron chi connectivity index (χ0n) is 15.5. The zero-order chi connectivity index (χ0) is 19.2. The third kappa shape index (κ3) is 6.33. The lowest BCUT2D eigenvalue weighted by atomic mass is 10.1. The molecule has 0 amide bonds. The second kappa shape index (κ2) is 9.02. The van der Waals surface area contributed by atoms with Gasteiger partial charge in [-0.2, -0.15) is 0 Å². The van der Waals surface area contributed by atoms with Gasteiger partial charge in [0.05, 0.1) is 5.75 Å².